The molecule has 132 valence electrons. The van der Waals surface area contributed by atoms with Crippen LogP contribution < -0.4 is 14.8 Å². The van der Waals surface area contributed by atoms with Gasteiger partial charge in [0.25, 0.3) is 0 Å². The summed E-state index contributed by atoms with van der Waals surface area (Å²) in [7, 11) is 1.62. The first-order valence-corrected chi connectivity index (χ1v) is 8.65. The fourth-order valence-corrected chi connectivity index (χ4v) is 3.35. The van der Waals surface area contributed by atoms with Gasteiger partial charge in [-0.15, -0.1) is 0 Å². The summed E-state index contributed by atoms with van der Waals surface area (Å²) < 4.78 is 11.3. The summed E-state index contributed by atoms with van der Waals surface area (Å²) in [4.78, 5) is 12.5. The largest absolute Gasteiger partial charge is 0.497 e. The number of halogens is 1. The van der Waals surface area contributed by atoms with E-state index in [0.717, 1.165) is 22.6 Å². The minimum absolute atomic E-state index is 0.0578. The standard InChI is InChI=1S/C20H22ClNO3/c1-20(2)12-17(15-9-8-14(24-3)11-18(15)25-20)22-19(23)10-13-6-4-5-7-16(13)21/h4-9,11,17H,10,12H2,1-3H3,(H,22,23)/t17-/m1/s1. The van der Waals surface area contributed by atoms with Gasteiger partial charge < -0.3 is 14.8 Å². The van der Waals surface area contributed by atoms with Crippen molar-refractivity contribution in [3.63, 3.8) is 0 Å². The number of hydrogen-bond donors (Lipinski definition) is 1. The number of benzene rings is 2. The molecular formula is C20H22ClNO3. The molecule has 0 saturated carbocycles. The van der Waals surface area contributed by atoms with E-state index in [1.807, 2.05) is 50.2 Å². The predicted molar refractivity (Wildman–Crippen MR) is 98.4 cm³/mol. The Balaban J connectivity index is 1.80. The third-order valence-electron chi connectivity index (χ3n) is 4.32. The van der Waals surface area contributed by atoms with Crippen LogP contribution in [-0.4, -0.2) is 18.6 Å². The van der Waals surface area contributed by atoms with Crippen LogP contribution in [0, 0.1) is 0 Å². The number of nitrogens with one attached hydrogen (secondary N) is 1. The third-order valence-corrected chi connectivity index (χ3v) is 4.69. The highest BCUT2D eigenvalue weighted by Gasteiger charge is 2.34. The Hall–Kier alpha value is -2.20. The highest BCUT2D eigenvalue weighted by molar-refractivity contribution is 6.31. The van der Waals surface area contributed by atoms with Crippen molar-refractivity contribution >= 4 is 17.5 Å². The summed E-state index contributed by atoms with van der Waals surface area (Å²) in [5.41, 5.74) is 1.41. The lowest BCUT2D eigenvalue weighted by Crippen LogP contribution is -2.41. The first kappa shape index (κ1) is 17.6. The maximum Gasteiger partial charge on any atom is 0.224 e. The molecule has 2 aromatic carbocycles. The third kappa shape index (κ3) is 4.07. The molecule has 25 heavy (non-hydrogen) atoms. The second-order valence-corrected chi connectivity index (χ2v) is 7.27. The van der Waals surface area contributed by atoms with Crippen LogP contribution >= 0.6 is 11.6 Å². The zero-order chi connectivity index (χ0) is 18.0. The predicted octanol–water partition coefficient (Wildman–Crippen LogP) is 4.31. The molecule has 0 spiro atoms. The van der Waals surface area contributed by atoms with E-state index in [2.05, 4.69) is 5.32 Å². The van der Waals surface area contributed by atoms with Gasteiger partial charge >= 0.3 is 0 Å². The summed E-state index contributed by atoms with van der Waals surface area (Å²) in [5, 5.41) is 3.73. The number of amides is 1. The Bertz CT molecular complexity index is 788. The molecular weight excluding hydrogens is 338 g/mol. The number of hydrogen-bond acceptors (Lipinski definition) is 3. The molecule has 0 saturated heterocycles. The second kappa shape index (κ2) is 6.96. The average molecular weight is 360 g/mol. The topological polar surface area (TPSA) is 47.6 Å². The monoisotopic (exact) mass is 359 g/mol. The van der Waals surface area contributed by atoms with Crippen LogP contribution in [0.15, 0.2) is 42.5 Å². The molecule has 1 aliphatic heterocycles. The fraction of sp³-hybridized carbons (Fsp3) is 0.350. The molecule has 0 aliphatic carbocycles. The highest BCUT2D eigenvalue weighted by atomic mass is 35.5. The van der Waals surface area contributed by atoms with Gasteiger partial charge in [0, 0.05) is 23.1 Å². The molecule has 2 aromatic rings. The van der Waals surface area contributed by atoms with E-state index >= 15 is 0 Å². The van der Waals surface area contributed by atoms with Crippen LogP contribution in [-0.2, 0) is 11.2 Å². The van der Waals surface area contributed by atoms with Gasteiger partial charge in [0.05, 0.1) is 19.6 Å². The van der Waals surface area contributed by atoms with Gasteiger partial charge in [0.1, 0.15) is 17.1 Å². The lowest BCUT2D eigenvalue weighted by molar-refractivity contribution is -0.121. The maximum atomic E-state index is 12.5. The molecule has 1 aliphatic rings. The van der Waals surface area contributed by atoms with E-state index in [1.54, 1.807) is 13.2 Å². The summed E-state index contributed by atoms with van der Waals surface area (Å²) in [6, 6.07) is 13.0. The van der Waals surface area contributed by atoms with Crippen molar-refractivity contribution < 1.29 is 14.3 Å². The highest BCUT2D eigenvalue weighted by Crippen LogP contribution is 2.41. The van der Waals surface area contributed by atoms with Crippen molar-refractivity contribution in [1.29, 1.82) is 0 Å². The van der Waals surface area contributed by atoms with E-state index in [9.17, 15) is 4.79 Å². The van der Waals surface area contributed by atoms with Gasteiger partial charge in [-0.25, -0.2) is 0 Å². The van der Waals surface area contributed by atoms with Crippen molar-refractivity contribution in [3.05, 3.63) is 58.6 Å². The van der Waals surface area contributed by atoms with Gasteiger partial charge in [-0.3, -0.25) is 4.79 Å². The van der Waals surface area contributed by atoms with Crippen molar-refractivity contribution in [2.75, 3.05) is 7.11 Å². The number of rotatable bonds is 4. The van der Waals surface area contributed by atoms with Gasteiger partial charge in [0.15, 0.2) is 0 Å². The molecule has 0 fully saturated rings. The van der Waals surface area contributed by atoms with E-state index in [1.165, 1.54) is 0 Å². The van der Waals surface area contributed by atoms with Crippen molar-refractivity contribution in [2.45, 2.75) is 38.3 Å². The van der Waals surface area contributed by atoms with Crippen LogP contribution in [0.2, 0.25) is 5.02 Å². The number of fused-ring (bicyclic) bond motifs is 1. The Labute approximate surface area is 153 Å². The molecule has 1 N–H and O–H groups in total. The van der Waals surface area contributed by atoms with Crippen LogP contribution in [0.1, 0.15) is 37.4 Å². The SMILES string of the molecule is COc1ccc2c(c1)OC(C)(C)C[C@H]2NC(=O)Cc1ccccc1Cl. The molecule has 0 aromatic heterocycles. The van der Waals surface area contributed by atoms with Crippen LogP contribution in [0.25, 0.3) is 0 Å². The molecule has 1 atom stereocenters. The van der Waals surface area contributed by atoms with E-state index < -0.39 is 0 Å². The molecule has 4 nitrogen and oxygen atoms in total. The smallest absolute Gasteiger partial charge is 0.224 e. The van der Waals surface area contributed by atoms with E-state index in [0.29, 0.717) is 11.4 Å². The molecule has 0 radical (unpaired) electrons. The van der Waals surface area contributed by atoms with Crippen LogP contribution in [0.3, 0.4) is 0 Å². The number of carbonyl (C=O) groups is 1. The molecule has 3 rings (SSSR count). The zero-order valence-corrected chi connectivity index (χ0v) is 15.4. The van der Waals surface area contributed by atoms with Crippen molar-refractivity contribution in [3.8, 4) is 11.5 Å². The first-order chi connectivity index (χ1) is 11.9. The minimum Gasteiger partial charge on any atom is -0.497 e. The van der Waals surface area contributed by atoms with Crippen molar-refractivity contribution in [2.24, 2.45) is 0 Å². The minimum atomic E-state index is -0.373. The van der Waals surface area contributed by atoms with Gasteiger partial charge in [0.2, 0.25) is 5.91 Å². The average Bonchev–Trinajstić information content (AvgIpc) is 2.55. The van der Waals surface area contributed by atoms with Crippen LogP contribution in [0.5, 0.6) is 11.5 Å². The van der Waals surface area contributed by atoms with E-state index in [4.69, 9.17) is 21.1 Å². The number of methoxy groups -OCH3 is 1. The fourth-order valence-electron chi connectivity index (χ4n) is 3.15. The Morgan fingerprint density at radius 3 is 2.80 bits per heavy atom. The zero-order valence-electron chi connectivity index (χ0n) is 14.6. The number of ether oxygens (including phenoxy) is 2. The van der Waals surface area contributed by atoms with Crippen LogP contribution in [0.4, 0.5) is 0 Å². The quantitative estimate of drug-likeness (QED) is 0.884. The Kier molecular flexibility index (Phi) is 4.91. The lowest BCUT2D eigenvalue weighted by atomic mass is 9.89. The Morgan fingerprint density at radius 2 is 2.08 bits per heavy atom. The van der Waals surface area contributed by atoms with E-state index in [-0.39, 0.29) is 24.0 Å². The maximum absolute atomic E-state index is 12.5. The Morgan fingerprint density at radius 1 is 1.32 bits per heavy atom. The van der Waals surface area contributed by atoms with Gasteiger partial charge in [-0.05, 0) is 37.6 Å². The first-order valence-electron chi connectivity index (χ1n) is 8.28. The molecule has 0 unspecified atom stereocenters. The normalized spacial score (nSPS) is 18.0. The van der Waals surface area contributed by atoms with Gasteiger partial charge in [-0.1, -0.05) is 29.8 Å². The molecule has 0 bridgehead atoms. The number of carbonyl (C=O) groups excluding carboxylic acids is 1. The summed E-state index contributed by atoms with van der Waals surface area (Å²) in [6.07, 6.45) is 0.948. The molecule has 1 heterocycles. The summed E-state index contributed by atoms with van der Waals surface area (Å²) >= 11 is 6.16. The molecule has 5 heteroatoms. The lowest BCUT2D eigenvalue weighted by Gasteiger charge is -2.38. The summed E-state index contributed by atoms with van der Waals surface area (Å²) in [6.45, 7) is 4.03. The second-order valence-electron chi connectivity index (χ2n) is 6.86. The molecule has 1 amide bonds. The van der Waals surface area contributed by atoms with Gasteiger partial charge in [-0.2, -0.15) is 0 Å². The van der Waals surface area contributed by atoms with Crippen molar-refractivity contribution in [1.82, 2.24) is 5.32 Å². The summed E-state index contributed by atoms with van der Waals surface area (Å²) in [5.74, 6) is 1.42.